The highest BCUT2D eigenvalue weighted by Crippen LogP contribution is 2.12. The number of nitrogens with zero attached hydrogens (tertiary/aromatic N) is 4. The molecule has 1 aromatic carbocycles. The van der Waals surface area contributed by atoms with Gasteiger partial charge in [-0.05, 0) is 30.7 Å². The number of benzene rings is 1. The lowest BCUT2D eigenvalue weighted by atomic mass is 10.2. The average Bonchev–Trinajstić information content (AvgIpc) is 2.90. The predicted octanol–water partition coefficient (Wildman–Crippen LogP) is 2.44. The van der Waals surface area contributed by atoms with Crippen molar-refractivity contribution in [3.63, 3.8) is 0 Å². The predicted molar refractivity (Wildman–Crippen MR) is 76.1 cm³/mol. The maximum absolute atomic E-state index is 12.0. The van der Waals surface area contributed by atoms with Crippen LogP contribution in [0.5, 0.6) is 0 Å². The van der Waals surface area contributed by atoms with Crippen LogP contribution in [0, 0.1) is 6.92 Å². The fourth-order valence-electron chi connectivity index (χ4n) is 1.83. The number of rotatable bonds is 3. The fraction of sp³-hybridized carbons (Fsp3) is 0.143. The molecule has 0 spiro atoms. The summed E-state index contributed by atoms with van der Waals surface area (Å²) in [5, 5.41) is 4.68. The van der Waals surface area contributed by atoms with Crippen molar-refractivity contribution in [2.75, 3.05) is 0 Å². The van der Waals surface area contributed by atoms with Crippen molar-refractivity contribution >= 4 is 23.3 Å². The number of aromatic nitrogens is 4. The maximum Gasteiger partial charge on any atom is 0.378 e. The quantitative estimate of drug-likeness (QED) is 0.695. The van der Waals surface area contributed by atoms with Crippen molar-refractivity contribution in [1.82, 2.24) is 19.6 Å². The topological polar surface area (TPSA) is 69.4 Å². The van der Waals surface area contributed by atoms with E-state index in [4.69, 9.17) is 16.3 Å². The van der Waals surface area contributed by atoms with Gasteiger partial charge < -0.3 is 4.74 Å². The molecule has 3 aromatic rings. The van der Waals surface area contributed by atoms with Gasteiger partial charge in [-0.15, -0.1) is 5.10 Å². The zero-order valence-corrected chi connectivity index (χ0v) is 11.9. The summed E-state index contributed by atoms with van der Waals surface area (Å²) in [4.78, 5) is 20.0. The minimum absolute atomic E-state index is 0.0150. The molecular weight excluding hydrogens is 292 g/mol. The molecule has 0 saturated heterocycles. The first-order chi connectivity index (χ1) is 10.1. The Bertz CT molecular complexity index is 816. The van der Waals surface area contributed by atoms with E-state index < -0.39 is 5.97 Å². The Balaban J connectivity index is 1.76. The molecular formula is C14H11ClN4O2. The van der Waals surface area contributed by atoms with Crippen LogP contribution in [0.2, 0.25) is 5.02 Å². The van der Waals surface area contributed by atoms with Crippen molar-refractivity contribution in [3.8, 4) is 0 Å². The summed E-state index contributed by atoms with van der Waals surface area (Å²) in [6.07, 6.45) is 1.61. The molecule has 0 saturated carbocycles. The molecule has 0 atom stereocenters. The smallest absolute Gasteiger partial charge is 0.378 e. The first kappa shape index (κ1) is 13.5. The van der Waals surface area contributed by atoms with Crippen molar-refractivity contribution < 1.29 is 9.53 Å². The molecule has 2 heterocycles. The van der Waals surface area contributed by atoms with Crippen molar-refractivity contribution in [1.29, 1.82) is 0 Å². The maximum atomic E-state index is 12.0. The van der Waals surface area contributed by atoms with Crippen LogP contribution in [-0.4, -0.2) is 25.6 Å². The van der Waals surface area contributed by atoms with Crippen LogP contribution >= 0.6 is 11.6 Å². The van der Waals surface area contributed by atoms with E-state index >= 15 is 0 Å². The minimum Gasteiger partial charge on any atom is -0.455 e. The Morgan fingerprint density at radius 2 is 2.24 bits per heavy atom. The van der Waals surface area contributed by atoms with Gasteiger partial charge in [0.25, 0.3) is 11.6 Å². The van der Waals surface area contributed by atoms with Crippen molar-refractivity contribution in [2.24, 2.45) is 0 Å². The molecule has 0 bridgehead atoms. The van der Waals surface area contributed by atoms with Gasteiger partial charge in [0, 0.05) is 16.9 Å². The second-order valence-electron chi connectivity index (χ2n) is 4.44. The SMILES string of the molecule is Cc1ccnc2nc(C(=O)OCc3cccc(Cl)c3)nn12. The molecule has 0 radical (unpaired) electrons. The Morgan fingerprint density at radius 3 is 3.00 bits per heavy atom. The van der Waals surface area contributed by atoms with E-state index in [-0.39, 0.29) is 12.4 Å². The number of halogens is 1. The number of carbonyl (C=O) groups excluding carboxylic acids is 1. The van der Waals surface area contributed by atoms with Crippen molar-refractivity contribution in [3.05, 3.63) is 58.6 Å². The van der Waals surface area contributed by atoms with Crippen LogP contribution in [0.25, 0.3) is 5.78 Å². The first-order valence-corrected chi connectivity index (χ1v) is 6.61. The van der Waals surface area contributed by atoms with Gasteiger partial charge in [-0.3, -0.25) is 0 Å². The molecule has 106 valence electrons. The number of hydrogen-bond donors (Lipinski definition) is 0. The first-order valence-electron chi connectivity index (χ1n) is 6.23. The number of hydrogen-bond acceptors (Lipinski definition) is 5. The van der Waals surface area contributed by atoms with E-state index in [1.807, 2.05) is 13.0 Å². The van der Waals surface area contributed by atoms with Gasteiger partial charge in [-0.1, -0.05) is 23.7 Å². The highest BCUT2D eigenvalue weighted by molar-refractivity contribution is 6.30. The lowest BCUT2D eigenvalue weighted by molar-refractivity contribution is 0.0458. The van der Waals surface area contributed by atoms with Crippen LogP contribution in [0.3, 0.4) is 0 Å². The van der Waals surface area contributed by atoms with E-state index in [0.717, 1.165) is 11.3 Å². The molecule has 7 heteroatoms. The van der Waals surface area contributed by atoms with Gasteiger partial charge in [-0.25, -0.2) is 14.3 Å². The van der Waals surface area contributed by atoms with Crippen LogP contribution in [0.1, 0.15) is 21.9 Å². The van der Waals surface area contributed by atoms with Crippen LogP contribution < -0.4 is 0 Å². The van der Waals surface area contributed by atoms with Crippen molar-refractivity contribution in [2.45, 2.75) is 13.5 Å². The average molecular weight is 303 g/mol. The Morgan fingerprint density at radius 1 is 1.38 bits per heavy atom. The van der Waals surface area contributed by atoms with E-state index in [1.54, 1.807) is 30.5 Å². The molecule has 0 aliphatic carbocycles. The third-order valence-electron chi connectivity index (χ3n) is 2.87. The molecule has 0 unspecified atom stereocenters. The summed E-state index contributed by atoms with van der Waals surface area (Å²) in [5.74, 6) is -0.247. The highest BCUT2D eigenvalue weighted by atomic mass is 35.5. The Kier molecular flexibility index (Phi) is 3.53. The molecule has 21 heavy (non-hydrogen) atoms. The third kappa shape index (κ3) is 2.85. The lowest BCUT2D eigenvalue weighted by Gasteiger charge is -2.02. The lowest BCUT2D eigenvalue weighted by Crippen LogP contribution is -2.07. The molecule has 0 amide bonds. The summed E-state index contributed by atoms with van der Waals surface area (Å²) < 4.78 is 6.67. The Labute approximate surface area is 125 Å². The van der Waals surface area contributed by atoms with Crippen LogP contribution in [0.4, 0.5) is 0 Å². The third-order valence-corrected chi connectivity index (χ3v) is 3.11. The van der Waals surface area contributed by atoms with E-state index in [9.17, 15) is 4.79 Å². The number of carbonyl (C=O) groups is 1. The normalized spacial score (nSPS) is 10.8. The largest absolute Gasteiger partial charge is 0.455 e. The van der Waals surface area contributed by atoms with Gasteiger partial charge in [0.1, 0.15) is 6.61 Å². The molecule has 2 aromatic heterocycles. The van der Waals surface area contributed by atoms with Gasteiger partial charge in [0.05, 0.1) is 0 Å². The van der Waals surface area contributed by atoms with E-state index in [1.165, 1.54) is 4.52 Å². The van der Waals surface area contributed by atoms with Gasteiger partial charge >= 0.3 is 5.97 Å². The molecule has 3 rings (SSSR count). The summed E-state index contributed by atoms with van der Waals surface area (Å²) in [6.45, 7) is 1.96. The zero-order valence-electron chi connectivity index (χ0n) is 11.2. The number of aryl methyl sites for hydroxylation is 1. The number of esters is 1. The van der Waals surface area contributed by atoms with Gasteiger partial charge in [0.2, 0.25) is 0 Å². The molecule has 0 aliphatic heterocycles. The highest BCUT2D eigenvalue weighted by Gasteiger charge is 2.15. The summed E-state index contributed by atoms with van der Waals surface area (Å²) in [7, 11) is 0. The molecule has 6 nitrogen and oxygen atoms in total. The van der Waals surface area contributed by atoms with E-state index in [2.05, 4.69) is 15.1 Å². The number of ether oxygens (including phenoxy) is 1. The van der Waals surface area contributed by atoms with Crippen LogP contribution in [-0.2, 0) is 11.3 Å². The molecule has 0 aliphatic rings. The van der Waals surface area contributed by atoms with E-state index in [0.29, 0.717) is 10.8 Å². The van der Waals surface area contributed by atoms with Gasteiger partial charge in [0.15, 0.2) is 0 Å². The fourth-order valence-corrected chi connectivity index (χ4v) is 2.05. The number of fused-ring (bicyclic) bond motifs is 1. The summed E-state index contributed by atoms with van der Waals surface area (Å²) >= 11 is 5.87. The molecule has 0 fully saturated rings. The second kappa shape index (κ2) is 5.49. The standard InChI is InChI=1S/C14H11ClN4O2/c1-9-5-6-16-14-17-12(18-19(9)14)13(20)21-8-10-3-2-4-11(15)7-10/h2-7H,8H2,1H3. The summed E-state index contributed by atoms with van der Waals surface area (Å²) in [6, 6.07) is 8.88. The minimum atomic E-state index is -0.597. The summed E-state index contributed by atoms with van der Waals surface area (Å²) in [5.41, 5.74) is 1.63. The monoisotopic (exact) mass is 302 g/mol. The molecule has 0 N–H and O–H groups in total. The second-order valence-corrected chi connectivity index (χ2v) is 4.88. The zero-order chi connectivity index (χ0) is 14.8. The van der Waals surface area contributed by atoms with Gasteiger partial charge in [-0.2, -0.15) is 4.98 Å². The van der Waals surface area contributed by atoms with Crippen LogP contribution in [0.15, 0.2) is 36.5 Å². The Hall–Kier alpha value is -2.47.